The lowest BCUT2D eigenvalue weighted by atomic mass is 10.1. The van der Waals surface area contributed by atoms with Crippen molar-refractivity contribution in [3.05, 3.63) is 29.3 Å². The SMILES string of the molecule is COc1ccc(CCl)cc1CC(=O)O. The van der Waals surface area contributed by atoms with Gasteiger partial charge >= 0.3 is 5.97 Å². The highest BCUT2D eigenvalue weighted by Gasteiger charge is 2.07. The standard InChI is InChI=1S/C10H11ClO3/c1-14-9-3-2-7(6-11)4-8(9)5-10(12)13/h2-4H,5-6H2,1H3,(H,12,13). The van der Waals surface area contributed by atoms with Crippen molar-refractivity contribution in [3.8, 4) is 5.75 Å². The number of carbonyl (C=O) groups is 1. The summed E-state index contributed by atoms with van der Waals surface area (Å²) in [7, 11) is 1.51. The second-order valence-electron chi connectivity index (χ2n) is 2.85. The molecule has 0 radical (unpaired) electrons. The molecule has 1 aromatic rings. The van der Waals surface area contributed by atoms with Crippen molar-refractivity contribution in [2.75, 3.05) is 7.11 Å². The molecule has 1 N–H and O–H groups in total. The number of hydrogen-bond donors (Lipinski definition) is 1. The summed E-state index contributed by atoms with van der Waals surface area (Å²) < 4.78 is 5.04. The number of carboxylic acids is 1. The lowest BCUT2D eigenvalue weighted by Gasteiger charge is -2.07. The van der Waals surface area contributed by atoms with E-state index >= 15 is 0 Å². The van der Waals surface area contributed by atoms with E-state index in [1.54, 1.807) is 12.1 Å². The zero-order chi connectivity index (χ0) is 10.6. The van der Waals surface area contributed by atoms with Crippen LogP contribution in [0.15, 0.2) is 18.2 Å². The van der Waals surface area contributed by atoms with Crippen LogP contribution >= 0.6 is 11.6 Å². The molecule has 14 heavy (non-hydrogen) atoms. The first kappa shape index (κ1) is 10.9. The molecular formula is C10H11ClO3. The summed E-state index contributed by atoms with van der Waals surface area (Å²) >= 11 is 5.64. The van der Waals surface area contributed by atoms with Crippen molar-refractivity contribution < 1.29 is 14.6 Å². The first-order chi connectivity index (χ1) is 6.67. The van der Waals surface area contributed by atoms with Gasteiger partial charge in [-0.1, -0.05) is 12.1 Å². The normalized spacial score (nSPS) is 9.86. The molecule has 0 aliphatic rings. The molecule has 1 aromatic carbocycles. The van der Waals surface area contributed by atoms with Crippen LogP contribution in [-0.2, 0) is 17.1 Å². The summed E-state index contributed by atoms with van der Waals surface area (Å²) in [5.74, 6) is 0.0765. The van der Waals surface area contributed by atoms with Crippen LogP contribution in [0.3, 0.4) is 0 Å². The average Bonchev–Trinajstić information content (AvgIpc) is 2.16. The van der Waals surface area contributed by atoms with E-state index in [1.165, 1.54) is 7.11 Å². The molecule has 0 saturated heterocycles. The van der Waals surface area contributed by atoms with Gasteiger partial charge in [-0.05, 0) is 11.6 Å². The van der Waals surface area contributed by atoms with Crippen LogP contribution in [0.25, 0.3) is 0 Å². The Morgan fingerprint density at radius 3 is 2.79 bits per heavy atom. The largest absolute Gasteiger partial charge is 0.496 e. The number of benzene rings is 1. The van der Waals surface area contributed by atoms with Crippen LogP contribution in [0.1, 0.15) is 11.1 Å². The third kappa shape index (κ3) is 2.64. The Balaban J connectivity index is 3.01. The van der Waals surface area contributed by atoms with Crippen LogP contribution in [0, 0.1) is 0 Å². The molecule has 0 aromatic heterocycles. The third-order valence-corrected chi connectivity index (χ3v) is 2.15. The Kier molecular flexibility index (Phi) is 3.77. The smallest absolute Gasteiger partial charge is 0.307 e. The quantitative estimate of drug-likeness (QED) is 0.781. The number of alkyl halides is 1. The summed E-state index contributed by atoms with van der Waals surface area (Å²) in [6.07, 6.45) is -0.0477. The molecule has 0 saturated carbocycles. The highest BCUT2D eigenvalue weighted by Crippen LogP contribution is 2.21. The van der Waals surface area contributed by atoms with E-state index in [1.807, 2.05) is 6.07 Å². The Hall–Kier alpha value is -1.22. The number of halogens is 1. The number of methoxy groups -OCH3 is 1. The lowest BCUT2D eigenvalue weighted by molar-refractivity contribution is -0.136. The van der Waals surface area contributed by atoms with Crippen LogP contribution < -0.4 is 4.74 Å². The molecule has 1 rings (SSSR count). The molecule has 0 aliphatic heterocycles. The van der Waals surface area contributed by atoms with Crippen molar-refractivity contribution in [1.82, 2.24) is 0 Å². The van der Waals surface area contributed by atoms with Gasteiger partial charge in [0.15, 0.2) is 0 Å². The van der Waals surface area contributed by atoms with Gasteiger partial charge in [0.1, 0.15) is 5.75 Å². The Morgan fingerprint density at radius 2 is 2.29 bits per heavy atom. The van der Waals surface area contributed by atoms with E-state index in [4.69, 9.17) is 21.4 Å². The number of carboxylic acid groups (broad SMARTS) is 1. The molecule has 0 unspecified atom stereocenters. The first-order valence-corrected chi connectivity index (χ1v) is 4.64. The van der Waals surface area contributed by atoms with E-state index in [9.17, 15) is 4.79 Å². The number of aliphatic carboxylic acids is 1. The fraction of sp³-hybridized carbons (Fsp3) is 0.300. The van der Waals surface area contributed by atoms with Gasteiger partial charge in [-0.25, -0.2) is 0 Å². The van der Waals surface area contributed by atoms with Gasteiger partial charge in [-0.2, -0.15) is 0 Å². The molecule has 0 fully saturated rings. The van der Waals surface area contributed by atoms with Gasteiger partial charge in [0, 0.05) is 11.4 Å². The molecule has 4 heteroatoms. The van der Waals surface area contributed by atoms with Gasteiger partial charge in [0.05, 0.1) is 13.5 Å². The zero-order valence-corrected chi connectivity index (χ0v) is 8.54. The molecule has 0 spiro atoms. The summed E-state index contributed by atoms with van der Waals surface area (Å²) in [6.45, 7) is 0. The maximum atomic E-state index is 10.5. The monoisotopic (exact) mass is 214 g/mol. The Morgan fingerprint density at radius 1 is 1.57 bits per heavy atom. The van der Waals surface area contributed by atoms with Crippen LogP contribution in [-0.4, -0.2) is 18.2 Å². The minimum Gasteiger partial charge on any atom is -0.496 e. The second kappa shape index (κ2) is 4.86. The van der Waals surface area contributed by atoms with Crippen molar-refractivity contribution >= 4 is 17.6 Å². The van der Waals surface area contributed by atoms with E-state index in [-0.39, 0.29) is 6.42 Å². The molecule has 0 atom stereocenters. The fourth-order valence-corrected chi connectivity index (χ4v) is 1.38. The summed E-state index contributed by atoms with van der Waals surface area (Å²) in [5, 5.41) is 8.66. The van der Waals surface area contributed by atoms with Crippen molar-refractivity contribution in [3.63, 3.8) is 0 Å². The third-order valence-electron chi connectivity index (χ3n) is 1.84. The number of ether oxygens (including phenoxy) is 1. The topological polar surface area (TPSA) is 46.5 Å². The minimum atomic E-state index is -0.880. The van der Waals surface area contributed by atoms with Crippen LogP contribution in [0.4, 0.5) is 0 Å². The Labute approximate surface area is 87.3 Å². The summed E-state index contributed by atoms with van der Waals surface area (Å²) in [4.78, 5) is 10.5. The van der Waals surface area contributed by atoms with E-state index < -0.39 is 5.97 Å². The molecule has 0 aliphatic carbocycles. The predicted octanol–water partition coefficient (Wildman–Crippen LogP) is 2.06. The summed E-state index contributed by atoms with van der Waals surface area (Å²) in [5.41, 5.74) is 1.54. The van der Waals surface area contributed by atoms with Crippen molar-refractivity contribution in [2.24, 2.45) is 0 Å². The second-order valence-corrected chi connectivity index (χ2v) is 3.12. The number of hydrogen-bond acceptors (Lipinski definition) is 2. The van der Waals surface area contributed by atoms with Crippen LogP contribution in [0.5, 0.6) is 5.75 Å². The highest BCUT2D eigenvalue weighted by molar-refractivity contribution is 6.17. The molecular weight excluding hydrogens is 204 g/mol. The minimum absolute atomic E-state index is 0.0477. The molecule has 3 nitrogen and oxygen atoms in total. The lowest BCUT2D eigenvalue weighted by Crippen LogP contribution is -2.02. The van der Waals surface area contributed by atoms with Crippen LogP contribution in [0.2, 0.25) is 0 Å². The highest BCUT2D eigenvalue weighted by atomic mass is 35.5. The van der Waals surface area contributed by atoms with Gasteiger partial charge in [-0.3, -0.25) is 4.79 Å². The van der Waals surface area contributed by atoms with Crippen molar-refractivity contribution in [2.45, 2.75) is 12.3 Å². The predicted molar refractivity (Wildman–Crippen MR) is 53.9 cm³/mol. The maximum absolute atomic E-state index is 10.5. The van der Waals surface area contributed by atoms with Gasteiger partial charge < -0.3 is 9.84 Å². The average molecular weight is 215 g/mol. The molecule has 0 bridgehead atoms. The Bertz CT molecular complexity index is 336. The van der Waals surface area contributed by atoms with Crippen molar-refractivity contribution in [1.29, 1.82) is 0 Å². The maximum Gasteiger partial charge on any atom is 0.307 e. The fourth-order valence-electron chi connectivity index (χ4n) is 1.22. The zero-order valence-electron chi connectivity index (χ0n) is 7.79. The van der Waals surface area contributed by atoms with E-state index in [0.29, 0.717) is 17.2 Å². The summed E-state index contributed by atoms with van der Waals surface area (Å²) in [6, 6.07) is 5.30. The molecule has 0 amide bonds. The first-order valence-electron chi connectivity index (χ1n) is 4.11. The van der Waals surface area contributed by atoms with Gasteiger partial charge in [0.25, 0.3) is 0 Å². The van der Waals surface area contributed by atoms with Gasteiger partial charge in [0.2, 0.25) is 0 Å². The van der Waals surface area contributed by atoms with E-state index in [0.717, 1.165) is 5.56 Å². The molecule has 0 heterocycles. The number of rotatable bonds is 4. The van der Waals surface area contributed by atoms with E-state index in [2.05, 4.69) is 0 Å². The van der Waals surface area contributed by atoms with Gasteiger partial charge in [-0.15, -0.1) is 11.6 Å². The molecule has 76 valence electrons.